The van der Waals surface area contributed by atoms with Crippen LogP contribution >= 0.6 is 12.4 Å². The Bertz CT molecular complexity index is 276. The molecule has 1 heterocycles. The van der Waals surface area contributed by atoms with Crippen molar-refractivity contribution in [3.05, 3.63) is 5.82 Å². The van der Waals surface area contributed by atoms with Gasteiger partial charge in [0.15, 0.2) is 5.82 Å². The van der Waals surface area contributed by atoms with Crippen molar-refractivity contribution in [2.75, 3.05) is 13.7 Å². The summed E-state index contributed by atoms with van der Waals surface area (Å²) in [6.45, 7) is 0.320. The van der Waals surface area contributed by atoms with Crippen LogP contribution in [-0.2, 0) is 4.65 Å². The summed E-state index contributed by atoms with van der Waals surface area (Å²) in [5.41, 5.74) is 0. The fourth-order valence-corrected chi connectivity index (χ4v) is 1.36. The molecule has 98 valence electrons. The minimum Gasteiger partial charge on any atom is -0.402 e. The second-order valence-electron chi connectivity index (χ2n) is 3.30. The van der Waals surface area contributed by atoms with E-state index in [9.17, 15) is 0 Å². The number of H-pyrrole nitrogens is 1. The van der Waals surface area contributed by atoms with Crippen molar-refractivity contribution in [2.24, 2.45) is 0 Å². The number of aromatic nitrogens is 4. The number of hydrogen-bond donors (Lipinski definition) is 4. The van der Waals surface area contributed by atoms with E-state index in [2.05, 4.69) is 30.6 Å². The third-order valence-electron chi connectivity index (χ3n) is 2.18. The van der Waals surface area contributed by atoms with Crippen LogP contribution in [0.5, 0.6) is 0 Å². The molecule has 0 fully saturated rings. The fourth-order valence-electron chi connectivity index (χ4n) is 1.36. The van der Waals surface area contributed by atoms with E-state index >= 15 is 0 Å². The Morgan fingerprint density at radius 1 is 1.47 bits per heavy atom. The molecule has 1 atom stereocenters. The Hall–Kier alpha value is -0.735. The third kappa shape index (κ3) is 6.54. The zero-order chi connectivity index (χ0) is 11.8. The van der Waals surface area contributed by atoms with Gasteiger partial charge in [0.1, 0.15) is 0 Å². The van der Waals surface area contributed by atoms with Gasteiger partial charge in [0.05, 0.1) is 6.04 Å². The summed E-state index contributed by atoms with van der Waals surface area (Å²) >= 11 is 0. The Morgan fingerprint density at radius 3 is 2.76 bits per heavy atom. The number of halogens is 1. The Kier molecular flexibility index (Phi) is 8.91. The van der Waals surface area contributed by atoms with E-state index in [-0.39, 0.29) is 18.4 Å². The van der Waals surface area contributed by atoms with Gasteiger partial charge in [-0.2, -0.15) is 5.21 Å². The lowest BCUT2D eigenvalue weighted by Crippen LogP contribution is -2.19. The first-order valence-electron chi connectivity index (χ1n) is 5.12. The monoisotopic (exact) mass is 265 g/mol. The lowest BCUT2D eigenvalue weighted by atomic mass is 10.1. The maximum Gasteiger partial charge on any atom is 0.633 e. The van der Waals surface area contributed by atoms with Gasteiger partial charge in [-0.1, -0.05) is 5.21 Å². The molecule has 0 aliphatic heterocycles. The van der Waals surface area contributed by atoms with Crippen molar-refractivity contribution in [3.63, 3.8) is 0 Å². The van der Waals surface area contributed by atoms with Gasteiger partial charge in [-0.3, -0.25) is 0 Å². The normalized spacial score (nSPS) is 11.9. The van der Waals surface area contributed by atoms with Gasteiger partial charge in [-0.05, 0) is 26.3 Å². The van der Waals surface area contributed by atoms with Crippen molar-refractivity contribution in [2.45, 2.75) is 25.3 Å². The molecule has 17 heavy (non-hydrogen) atoms. The first kappa shape index (κ1) is 16.3. The molecule has 0 bridgehead atoms. The Labute approximate surface area is 106 Å². The number of nitrogens with one attached hydrogen (secondary N) is 2. The molecular weight excluding hydrogens is 248 g/mol. The third-order valence-corrected chi connectivity index (χ3v) is 2.18. The van der Waals surface area contributed by atoms with Crippen molar-refractivity contribution < 1.29 is 14.7 Å². The topological polar surface area (TPSA) is 116 Å². The molecule has 1 aromatic rings. The van der Waals surface area contributed by atoms with Crippen molar-refractivity contribution in [1.82, 2.24) is 25.9 Å². The Balaban J connectivity index is 0.00000256. The van der Waals surface area contributed by atoms with Crippen LogP contribution < -0.4 is 5.32 Å². The minimum absolute atomic E-state index is 0. The van der Waals surface area contributed by atoms with Gasteiger partial charge in [0.25, 0.3) is 0 Å². The van der Waals surface area contributed by atoms with E-state index in [0.29, 0.717) is 12.4 Å². The number of unbranched alkanes of at least 4 members (excludes halogenated alkanes) is 1. The van der Waals surface area contributed by atoms with Gasteiger partial charge < -0.3 is 20.0 Å². The van der Waals surface area contributed by atoms with E-state index in [0.717, 1.165) is 19.3 Å². The number of nitrogens with zero attached hydrogens (tertiary/aromatic N) is 3. The molecule has 1 rings (SSSR count). The molecule has 0 aliphatic carbocycles. The predicted molar refractivity (Wildman–Crippen MR) is 63.2 cm³/mol. The molecule has 0 aromatic carbocycles. The maximum atomic E-state index is 8.45. The molecule has 0 radical (unpaired) electrons. The Morgan fingerprint density at radius 2 is 2.24 bits per heavy atom. The maximum absolute atomic E-state index is 8.45. The first-order chi connectivity index (χ1) is 7.74. The van der Waals surface area contributed by atoms with Crippen LogP contribution in [0, 0.1) is 0 Å². The summed E-state index contributed by atoms with van der Waals surface area (Å²) in [5, 5.41) is 33.6. The fraction of sp³-hybridized carbons (Fsp3) is 0.857. The molecule has 1 aromatic heterocycles. The lowest BCUT2D eigenvalue weighted by molar-refractivity contribution is 0.181. The van der Waals surface area contributed by atoms with Crippen LogP contribution in [0.1, 0.15) is 31.1 Å². The van der Waals surface area contributed by atoms with Gasteiger partial charge >= 0.3 is 7.32 Å². The van der Waals surface area contributed by atoms with Crippen LogP contribution in [0.25, 0.3) is 0 Å². The zero-order valence-electron chi connectivity index (χ0n) is 9.54. The van der Waals surface area contributed by atoms with E-state index in [4.69, 9.17) is 10.0 Å². The summed E-state index contributed by atoms with van der Waals surface area (Å²) in [5.74, 6) is 0.630. The van der Waals surface area contributed by atoms with E-state index < -0.39 is 7.32 Å². The highest BCUT2D eigenvalue weighted by Gasteiger charge is 2.13. The quantitative estimate of drug-likeness (QED) is 0.353. The number of rotatable bonds is 8. The average Bonchev–Trinajstić information content (AvgIpc) is 2.76. The standard InChI is InChI=1S/C7H16BN5O3.ClH/c1-9-6(7-10-12-13-11-7)4-2-3-5-16-8(14)15;/h6,9,14-15H,2-5H2,1H3,(H,10,11,12,13);1H. The van der Waals surface area contributed by atoms with Gasteiger partial charge in [-0.25, -0.2) is 0 Å². The molecule has 1 unspecified atom stereocenters. The lowest BCUT2D eigenvalue weighted by Gasteiger charge is -2.11. The van der Waals surface area contributed by atoms with Crippen LogP contribution in [0.4, 0.5) is 0 Å². The van der Waals surface area contributed by atoms with Gasteiger partial charge in [0, 0.05) is 6.61 Å². The number of tetrazole rings is 1. The molecule has 0 saturated heterocycles. The molecule has 0 spiro atoms. The van der Waals surface area contributed by atoms with Crippen LogP contribution in [0.2, 0.25) is 0 Å². The molecule has 8 nitrogen and oxygen atoms in total. The minimum atomic E-state index is -1.68. The largest absolute Gasteiger partial charge is 0.633 e. The second-order valence-corrected chi connectivity index (χ2v) is 3.30. The molecular formula is C7H17BClN5O3. The van der Waals surface area contributed by atoms with Crippen LogP contribution in [-0.4, -0.2) is 51.6 Å². The van der Waals surface area contributed by atoms with Crippen LogP contribution in [0.15, 0.2) is 0 Å². The van der Waals surface area contributed by atoms with Crippen molar-refractivity contribution >= 4 is 19.7 Å². The highest BCUT2D eigenvalue weighted by molar-refractivity contribution is 6.32. The summed E-state index contributed by atoms with van der Waals surface area (Å²) < 4.78 is 4.59. The van der Waals surface area contributed by atoms with Gasteiger partial charge in [0.2, 0.25) is 0 Å². The SMILES string of the molecule is CNC(CCCCOB(O)O)c1nn[nH]n1.Cl. The molecule has 0 aliphatic rings. The molecule has 0 amide bonds. The smallest absolute Gasteiger partial charge is 0.402 e. The number of hydrogen-bond acceptors (Lipinski definition) is 7. The van der Waals surface area contributed by atoms with E-state index in [1.165, 1.54) is 0 Å². The van der Waals surface area contributed by atoms with Crippen molar-refractivity contribution in [1.29, 1.82) is 0 Å². The van der Waals surface area contributed by atoms with Crippen LogP contribution in [0.3, 0.4) is 0 Å². The highest BCUT2D eigenvalue weighted by Crippen LogP contribution is 2.13. The molecule has 10 heteroatoms. The zero-order valence-corrected chi connectivity index (χ0v) is 10.4. The van der Waals surface area contributed by atoms with Crippen molar-refractivity contribution in [3.8, 4) is 0 Å². The summed E-state index contributed by atoms with van der Waals surface area (Å²) in [6.07, 6.45) is 2.45. The molecule has 0 saturated carbocycles. The molecule has 4 N–H and O–H groups in total. The van der Waals surface area contributed by atoms with E-state index in [1.807, 2.05) is 7.05 Å². The second kappa shape index (κ2) is 9.31. The summed E-state index contributed by atoms with van der Waals surface area (Å²) in [7, 11) is 0.145. The van der Waals surface area contributed by atoms with Gasteiger partial charge in [-0.15, -0.1) is 22.6 Å². The summed E-state index contributed by atoms with van der Waals surface area (Å²) in [4.78, 5) is 0. The first-order valence-corrected chi connectivity index (χ1v) is 5.12. The average molecular weight is 266 g/mol. The highest BCUT2D eigenvalue weighted by atomic mass is 35.5. The van der Waals surface area contributed by atoms with E-state index in [1.54, 1.807) is 0 Å². The summed E-state index contributed by atoms with van der Waals surface area (Å²) in [6, 6.07) is 0.0535. The number of aromatic amines is 1. The predicted octanol–water partition coefficient (Wildman–Crippen LogP) is -0.962.